The van der Waals surface area contributed by atoms with Gasteiger partial charge in [-0.15, -0.1) is 0 Å². The first-order chi connectivity index (χ1) is 36.6. The van der Waals surface area contributed by atoms with Crippen LogP contribution in [0.1, 0.15) is 59.7 Å². The average Bonchev–Trinajstić information content (AvgIpc) is 4.20. The molecule has 0 radical (unpaired) electrons. The molecule has 4 saturated heterocycles. The maximum absolute atomic E-state index is 14.6. The van der Waals surface area contributed by atoms with Gasteiger partial charge in [0.1, 0.15) is 54.7 Å². The summed E-state index contributed by atoms with van der Waals surface area (Å²) in [5, 5.41) is 8.91. The molecular formula is C57H62N4O14. The number of amides is 4. The van der Waals surface area contributed by atoms with Crippen LogP contribution in [0, 0.1) is 0 Å². The largest absolute Gasteiger partial charge is 0.464 e. The minimum absolute atomic E-state index is 0.00331. The van der Waals surface area contributed by atoms with Crippen molar-refractivity contribution in [2.75, 3.05) is 19.8 Å². The lowest BCUT2D eigenvalue weighted by Crippen LogP contribution is -2.72. The van der Waals surface area contributed by atoms with Gasteiger partial charge in [-0.1, -0.05) is 140 Å². The third kappa shape index (κ3) is 13.2. The van der Waals surface area contributed by atoms with Crippen LogP contribution >= 0.6 is 0 Å². The van der Waals surface area contributed by atoms with E-state index in [1.807, 2.05) is 121 Å². The number of nitrogens with zero attached hydrogens (tertiary/aromatic N) is 1. The van der Waals surface area contributed by atoms with Crippen LogP contribution in [0.3, 0.4) is 0 Å². The summed E-state index contributed by atoms with van der Waals surface area (Å²) in [6.45, 7) is 4.54. The number of nitrogens with one attached hydrogen (secondary N) is 3. The van der Waals surface area contributed by atoms with Gasteiger partial charge in [0.15, 0.2) is 24.8 Å². The molecule has 0 aliphatic carbocycles. The van der Waals surface area contributed by atoms with Crippen molar-refractivity contribution in [3.05, 3.63) is 179 Å². The Morgan fingerprint density at radius 1 is 0.600 bits per heavy atom. The molecule has 75 heavy (non-hydrogen) atoms. The van der Waals surface area contributed by atoms with E-state index in [9.17, 15) is 24.0 Å². The van der Waals surface area contributed by atoms with Gasteiger partial charge in [0.25, 0.3) is 5.91 Å². The molecule has 5 aromatic carbocycles. The van der Waals surface area contributed by atoms with E-state index < -0.39 is 109 Å². The molecule has 9 rings (SSSR count). The zero-order valence-corrected chi connectivity index (χ0v) is 41.8. The lowest BCUT2D eigenvalue weighted by Gasteiger charge is -2.52. The monoisotopic (exact) mass is 1030 g/mol. The molecule has 4 heterocycles. The third-order valence-corrected chi connectivity index (χ3v) is 13.2. The number of fused-ring (bicyclic) bond motifs is 1. The number of ether oxygens (including phenoxy) is 9. The smallest absolute Gasteiger partial charge is 0.331 e. The fraction of sp³-hybridized carbons (Fsp3) is 0.386. The number of esters is 1. The van der Waals surface area contributed by atoms with Gasteiger partial charge in [-0.3, -0.25) is 19.2 Å². The van der Waals surface area contributed by atoms with E-state index in [1.54, 1.807) is 37.3 Å². The van der Waals surface area contributed by atoms with Crippen molar-refractivity contribution in [3.63, 3.8) is 0 Å². The van der Waals surface area contributed by atoms with Gasteiger partial charge in [-0.25, -0.2) is 4.79 Å². The lowest BCUT2D eigenvalue weighted by molar-refractivity contribution is -0.366. The van der Waals surface area contributed by atoms with Crippen molar-refractivity contribution in [2.45, 2.75) is 120 Å². The second-order valence-corrected chi connectivity index (χ2v) is 18.6. The molecule has 0 aromatic heterocycles. The SMILES string of the molecule is CCOC(=O)[C@H]1[C@H](C(=O)N[C@@H]2O[C@H](COCc3ccccc3)[C@@H](O[C@@H]3O[C@@H]4CO[C@@H](c5ccccc5)O[C@H]4[C@H](OCc4ccccc4)[C@H]3NC(C)=O)[C@H](OCc3ccccc3)[C@H]2NC(C)=O)N1C(=O)c1ccccc1. The maximum atomic E-state index is 14.6. The first-order valence-corrected chi connectivity index (χ1v) is 25.2. The van der Waals surface area contributed by atoms with Crippen LogP contribution in [0.25, 0.3) is 0 Å². The number of benzene rings is 5. The summed E-state index contributed by atoms with van der Waals surface area (Å²) >= 11 is 0. The van der Waals surface area contributed by atoms with E-state index in [0.29, 0.717) is 0 Å². The van der Waals surface area contributed by atoms with Crippen molar-refractivity contribution in [1.29, 1.82) is 0 Å². The molecule has 0 bridgehead atoms. The van der Waals surface area contributed by atoms with Gasteiger partial charge in [-0.2, -0.15) is 0 Å². The van der Waals surface area contributed by atoms with Gasteiger partial charge >= 0.3 is 5.97 Å². The van der Waals surface area contributed by atoms with E-state index in [0.717, 1.165) is 27.2 Å². The Morgan fingerprint density at radius 3 is 1.73 bits per heavy atom. The van der Waals surface area contributed by atoms with E-state index in [4.69, 9.17) is 42.6 Å². The molecule has 0 unspecified atom stereocenters. The van der Waals surface area contributed by atoms with Gasteiger partial charge in [0.2, 0.25) is 17.7 Å². The number of carbonyl (C=O) groups is 5. The Labute approximate surface area is 435 Å². The number of hydrogen-bond donors (Lipinski definition) is 3. The summed E-state index contributed by atoms with van der Waals surface area (Å²) in [6.07, 6.45) is -9.35. The molecule has 0 spiro atoms. The van der Waals surface area contributed by atoms with E-state index >= 15 is 0 Å². The first-order valence-electron chi connectivity index (χ1n) is 25.2. The zero-order chi connectivity index (χ0) is 52.3. The summed E-state index contributed by atoms with van der Waals surface area (Å²) in [5.74, 6) is -2.97. The zero-order valence-electron chi connectivity index (χ0n) is 41.8. The van der Waals surface area contributed by atoms with Crippen LogP contribution in [0.2, 0.25) is 0 Å². The highest BCUT2D eigenvalue weighted by molar-refractivity contribution is 6.07. The van der Waals surface area contributed by atoms with Crippen LogP contribution in [0.5, 0.6) is 0 Å². The van der Waals surface area contributed by atoms with Crippen molar-refractivity contribution in [3.8, 4) is 0 Å². The molecule has 4 amide bonds. The van der Waals surface area contributed by atoms with E-state index in [-0.39, 0.29) is 45.2 Å². The predicted octanol–water partition coefficient (Wildman–Crippen LogP) is 4.91. The quantitative estimate of drug-likeness (QED) is 0.0701. The predicted molar refractivity (Wildman–Crippen MR) is 269 cm³/mol. The van der Waals surface area contributed by atoms with Gasteiger partial charge in [0.05, 0.1) is 39.6 Å². The number of carbonyl (C=O) groups excluding carboxylic acids is 5. The average molecular weight is 1030 g/mol. The highest BCUT2D eigenvalue weighted by Gasteiger charge is 2.62. The Hall–Kier alpha value is -6.87. The molecule has 4 fully saturated rings. The normalized spacial score (nSPS) is 28.0. The molecule has 13 atom stereocenters. The van der Waals surface area contributed by atoms with E-state index in [2.05, 4.69) is 16.0 Å². The van der Waals surface area contributed by atoms with Crippen molar-refractivity contribution in [1.82, 2.24) is 20.9 Å². The highest BCUT2D eigenvalue weighted by Crippen LogP contribution is 2.39. The van der Waals surface area contributed by atoms with E-state index in [1.165, 1.54) is 13.8 Å². The molecular weight excluding hydrogens is 965 g/mol. The molecule has 18 heteroatoms. The number of hydrogen-bond acceptors (Lipinski definition) is 14. The van der Waals surface area contributed by atoms with Crippen LogP contribution in [0.4, 0.5) is 0 Å². The Morgan fingerprint density at radius 2 is 1.15 bits per heavy atom. The topological polar surface area (TPSA) is 208 Å². The van der Waals surface area contributed by atoms with Gasteiger partial charge < -0.3 is 63.5 Å². The van der Waals surface area contributed by atoms with Crippen LogP contribution < -0.4 is 16.0 Å². The first kappa shape index (κ1) is 53.0. The third-order valence-electron chi connectivity index (χ3n) is 13.2. The molecule has 3 N–H and O–H groups in total. The van der Waals surface area contributed by atoms with Crippen molar-refractivity contribution in [2.24, 2.45) is 0 Å². The summed E-state index contributed by atoms with van der Waals surface area (Å²) in [7, 11) is 0. The van der Waals surface area contributed by atoms with Crippen molar-refractivity contribution < 1.29 is 66.6 Å². The molecule has 4 aliphatic rings. The van der Waals surface area contributed by atoms with Gasteiger partial charge in [0, 0.05) is 25.0 Å². The lowest BCUT2D eigenvalue weighted by atomic mass is 9.93. The molecule has 0 saturated carbocycles. The Bertz CT molecular complexity index is 2670. The minimum Gasteiger partial charge on any atom is -0.464 e. The summed E-state index contributed by atoms with van der Waals surface area (Å²) < 4.78 is 59.1. The maximum Gasteiger partial charge on any atom is 0.331 e. The second-order valence-electron chi connectivity index (χ2n) is 18.6. The number of rotatable bonds is 20. The van der Waals surface area contributed by atoms with Crippen LogP contribution in [-0.4, -0.2) is 128 Å². The highest BCUT2D eigenvalue weighted by atomic mass is 16.8. The molecule has 4 aliphatic heterocycles. The molecule has 18 nitrogen and oxygen atoms in total. The second kappa shape index (κ2) is 25.1. The summed E-state index contributed by atoms with van der Waals surface area (Å²) in [6, 6.07) is 41.4. The Kier molecular flexibility index (Phi) is 17.7. The fourth-order valence-electron chi connectivity index (χ4n) is 9.74. The van der Waals surface area contributed by atoms with Crippen molar-refractivity contribution >= 4 is 29.6 Å². The standard InChI is InChI=1S/C57H62N4O14/c1-4-68-55(66)47-46(61(47)54(65)40-26-16-8-17-27-40)52(64)60-53-44(58-35(2)62)50(69-31-38-22-12-6-13-23-38)48(42(72-53)33-67-30-37-20-10-5-11-21-37)75-57-45(59-36(3)63)51(70-32-39-24-14-7-15-25-39)49-43(73-57)34-71-56(74-49)41-28-18-9-19-29-41/h5-29,42-51,53,56-57H,4,30-34H2,1-3H3,(H,58,62)(H,59,63)(H,60,64)/t42-,43-,44-,45-,46-,47-,48-,49-,50-,51-,53-,56-,57+,61?/m1/s1. The molecule has 5 aromatic rings. The minimum atomic E-state index is -1.37. The molecule has 394 valence electrons. The van der Waals surface area contributed by atoms with Gasteiger partial charge in [-0.05, 0) is 35.7 Å². The fourth-order valence-corrected chi connectivity index (χ4v) is 9.74. The summed E-state index contributed by atoms with van der Waals surface area (Å²) in [5.41, 5.74) is 3.56. The Balaban J connectivity index is 1.07. The summed E-state index contributed by atoms with van der Waals surface area (Å²) in [4.78, 5) is 69.8. The van der Waals surface area contributed by atoms with Crippen LogP contribution in [0.15, 0.2) is 152 Å². The van der Waals surface area contributed by atoms with Crippen LogP contribution in [-0.2, 0) is 81.6 Å².